The predicted octanol–water partition coefficient (Wildman–Crippen LogP) is 3.48. The molecular weight excluding hydrogens is 120 g/mol. The highest BCUT2D eigenvalue weighted by Gasteiger charge is 1.82. The smallest absolute Gasteiger partial charge is 0.0136 e. The van der Waals surface area contributed by atoms with Gasteiger partial charge in [-0.25, -0.2) is 0 Å². The Kier molecular flexibility index (Phi) is 4.65. The van der Waals surface area contributed by atoms with Crippen LogP contribution in [0.1, 0.15) is 27.2 Å². The SMILES string of the molecule is C=C/C=C(\C)CC=C(C)C. The normalized spacial score (nSPS) is 10.9. The van der Waals surface area contributed by atoms with Gasteiger partial charge in [-0.3, -0.25) is 0 Å². The summed E-state index contributed by atoms with van der Waals surface area (Å²) in [6.45, 7) is 9.97. The molecule has 0 amide bonds. The van der Waals surface area contributed by atoms with E-state index < -0.39 is 0 Å². The van der Waals surface area contributed by atoms with Crippen molar-refractivity contribution in [3.05, 3.63) is 36.0 Å². The fraction of sp³-hybridized carbons (Fsp3) is 0.400. The van der Waals surface area contributed by atoms with Crippen LogP contribution in [0.5, 0.6) is 0 Å². The van der Waals surface area contributed by atoms with Gasteiger partial charge in [0, 0.05) is 0 Å². The van der Waals surface area contributed by atoms with Gasteiger partial charge < -0.3 is 0 Å². The molecule has 0 saturated heterocycles. The van der Waals surface area contributed by atoms with Crippen molar-refractivity contribution in [2.24, 2.45) is 0 Å². The third-order valence-electron chi connectivity index (χ3n) is 1.23. The van der Waals surface area contributed by atoms with Crippen LogP contribution < -0.4 is 0 Å². The topological polar surface area (TPSA) is 0 Å². The lowest BCUT2D eigenvalue weighted by molar-refractivity contribution is 1.17. The van der Waals surface area contributed by atoms with Gasteiger partial charge in [-0.15, -0.1) is 0 Å². The van der Waals surface area contributed by atoms with Gasteiger partial charge in [0.15, 0.2) is 0 Å². The summed E-state index contributed by atoms with van der Waals surface area (Å²) in [5.74, 6) is 0. The van der Waals surface area contributed by atoms with Gasteiger partial charge in [-0.05, 0) is 27.2 Å². The summed E-state index contributed by atoms with van der Waals surface area (Å²) in [4.78, 5) is 0. The zero-order valence-electron chi connectivity index (χ0n) is 7.15. The lowest BCUT2D eigenvalue weighted by Gasteiger charge is -1.93. The van der Waals surface area contributed by atoms with Crippen molar-refractivity contribution in [1.29, 1.82) is 0 Å². The molecule has 0 saturated carbocycles. The van der Waals surface area contributed by atoms with E-state index in [1.807, 2.05) is 12.2 Å². The van der Waals surface area contributed by atoms with Crippen molar-refractivity contribution in [2.75, 3.05) is 0 Å². The maximum atomic E-state index is 3.63. The summed E-state index contributed by atoms with van der Waals surface area (Å²) in [6, 6.07) is 0. The number of allylic oxidation sites excluding steroid dienone is 5. The molecule has 0 aliphatic heterocycles. The first-order valence-corrected chi connectivity index (χ1v) is 3.58. The Hall–Kier alpha value is -0.780. The summed E-state index contributed by atoms with van der Waals surface area (Å²) >= 11 is 0. The van der Waals surface area contributed by atoms with Gasteiger partial charge >= 0.3 is 0 Å². The van der Waals surface area contributed by atoms with Crippen LogP contribution in [-0.2, 0) is 0 Å². The first kappa shape index (κ1) is 9.22. The van der Waals surface area contributed by atoms with E-state index in [1.54, 1.807) is 0 Å². The van der Waals surface area contributed by atoms with E-state index in [9.17, 15) is 0 Å². The lowest BCUT2D eigenvalue weighted by atomic mass is 10.1. The Labute approximate surface area is 64.0 Å². The van der Waals surface area contributed by atoms with E-state index in [0.717, 1.165) is 6.42 Å². The summed E-state index contributed by atoms with van der Waals surface area (Å²) in [5, 5.41) is 0. The fourth-order valence-electron chi connectivity index (χ4n) is 0.634. The molecule has 0 bridgehead atoms. The molecule has 0 unspecified atom stereocenters. The van der Waals surface area contributed by atoms with Gasteiger partial charge in [0.05, 0.1) is 0 Å². The molecular formula is C10H16. The van der Waals surface area contributed by atoms with E-state index in [0.29, 0.717) is 0 Å². The Morgan fingerprint density at radius 3 is 2.30 bits per heavy atom. The average molecular weight is 136 g/mol. The second-order valence-corrected chi connectivity index (χ2v) is 2.73. The molecule has 0 aliphatic carbocycles. The minimum absolute atomic E-state index is 1.05. The van der Waals surface area contributed by atoms with E-state index in [4.69, 9.17) is 0 Å². The highest BCUT2D eigenvalue weighted by atomic mass is 13.9. The summed E-state index contributed by atoms with van der Waals surface area (Å²) in [7, 11) is 0. The minimum atomic E-state index is 1.05. The van der Waals surface area contributed by atoms with Gasteiger partial charge in [-0.1, -0.05) is 36.0 Å². The maximum absolute atomic E-state index is 3.63. The first-order chi connectivity index (χ1) is 4.66. The fourth-order valence-corrected chi connectivity index (χ4v) is 0.634. The first-order valence-electron chi connectivity index (χ1n) is 3.58. The van der Waals surface area contributed by atoms with Crippen molar-refractivity contribution in [2.45, 2.75) is 27.2 Å². The van der Waals surface area contributed by atoms with Crippen molar-refractivity contribution < 1.29 is 0 Å². The maximum Gasteiger partial charge on any atom is -0.0136 e. The van der Waals surface area contributed by atoms with Crippen LogP contribution in [0, 0.1) is 0 Å². The number of hydrogen-bond donors (Lipinski definition) is 0. The molecule has 0 heterocycles. The molecule has 0 rings (SSSR count). The molecule has 0 fully saturated rings. The van der Waals surface area contributed by atoms with Crippen molar-refractivity contribution in [1.82, 2.24) is 0 Å². The van der Waals surface area contributed by atoms with Gasteiger partial charge in [-0.2, -0.15) is 0 Å². The lowest BCUT2D eigenvalue weighted by Crippen LogP contribution is -1.72. The van der Waals surface area contributed by atoms with Crippen LogP contribution in [-0.4, -0.2) is 0 Å². The van der Waals surface area contributed by atoms with E-state index in [1.165, 1.54) is 11.1 Å². The summed E-state index contributed by atoms with van der Waals surface area (Å²) in [6.07, 6.45) is 7.14. The molecule has 0 aromatic heterocycles. The van der Waals surface area contributed by atoms with Gasteiger partial charge in [0.1, 0.15) is 0 Å². The predicted molar refractivity (Wildman–Crippen MR) is 48.0 cm³/mol. The van der Waals surface area contributed by atoms with Crippen molar-refractivity contribution >= 4 is 0 Å². The molecule has 0 atom stereocenters. The minimum Gasteiger partial charge on any atom is -0.0991 e. The number of hydrogen-bond acceptors (Lipinski definition) is 0. The Bertz CT molecular complexity index is 155. The Morgan fingerprint density at radius 1 is 1.30 bits per heavy atom. The van der Waals surface area contributed by atoms with E-state index >= 15 is 0 Å². The molecule has 0 radical (unpaired) electrons. The quantitative estimate of drug-likeness (QED) is 0.411. The molecule has 0 aliphatic rings. The second-order valence-electron chi connectivity index (χ2n) is 2.73. The van der Waals surface area contributed by atoms with Crippen molar-refractivity contribution in [3.8, 4) is 0 Å². The van der Waals surface area contributed by atoms with Crippen LogP contribution in [0.3, 0.4) is 0 Å². The number of rotatable bonds is 3. The molecule has 0 aromatic carbocycles. The third-order valence-corrected chi connectivity index (χ3v) is 1.23. The molecule has 0 nitrogen and oxygen atoms in total. The zero-order valence-corrected chi connectivity index (χ0v) is 7.15. The molecule has 56 valence electrons. The summed E-state index contributed by atoms with van der Waals surface area (Å²) in [5.41, 5.74) is 2.73. The summed E-state index contributed by atoms with van der Waals surface area (Å²) < 4.78 is 0. The van der Waals surface area contributed by atoms with Crippen LogP contribution in [0.25, 0.3) is 0 Å². The Balaban J connectivity index is 3.80. The largest absolute Gasteiger partial charge is 0.0991 e. The van der Waals surface area contributed by atoms with E-state index in [2.05, 4.69) is 33.4 Å². The highest BCUT2D eigenvalue weighted by molar-refractivity contribution is 5.12. The highest BCUT2D eigenvalue weighted by Crippen LogP contribution is 2.03. The molecule has 0 spiro atoms. The molecule has 0 aromatic rings. The van der Waals surface area contributed by atoms with Crippen LogP contribution >= 0.6 is 0 Å². The second kappa shape index (κ2) is 5.04. The Morgan fingerprint density at radius 2 is 1.90 bits per heavy atom. The molecule has 10 heavy (non-hydrogen) atoms. The van der Waals surface area contributed by atoms with Crippen LogP contribution in [0.4, 0.5) is 0 Å². The van der Waals surface area contributed by atoms with E-state index in [-0.39, 0.29) is 0 Å². The van der Waals surface area contributed by atoms with Crippen LogP contribution in [0.15, 0.2) is 36.0 Å². The molecule has 0 heteroatoms. The third kappa shape index (κ3) is 5.36. The average Bonchev–Trinajstić information content (AvgIpc) is 1.85. The van der Waals surface area contributed by atoms with Crippen LogP contribution in [0.2, 0.25) is 0 Å². The van der Waals surface area contributed by atoms with Gasteiger partial charge in [0.2, 0.25) is 0 Å². The zero-order chi connectivity index (χ0) is 7.98. The molecule has 0 N–H and O–H groups in total. The monoisotopic (exact) mass is 136 g/mol. The standard InChI is InChI=1S/C10H16/c1-5-6-10(4)8-7-9(2)3/h5-7H,1,8H2,2-4H3/b10-6+. The van der Waals surface area contributed by atoms with Gasteiger partial charge in [0.25, 0.3) is 0 Å². The van der Waals surface area contributed by atoms with Crippen molar-refractivity contribution in [3.63, 3.8) is 0 Å².